The van der Waals surface area contributed by atoms with Gasteiger partial charge in [0.2, 0.25) is 0 Å². The zero-order valence-electron chi connectivity index (χ0n) is 11.2. The van der Waals surface area contributed by atoms with Crippen LogP contribution in [0.2, 0.25) is 5.02 Å². The van der Waals surface area contributed by atoms with E-state index in [-0.39, 0.29) is 0 Å². The van der Waals surface area contributed by atoms with Gasteiger partial charge in [-0.1, -0.05) is 34.5 Å². The Morgan fingerprint density at radius 2 is 2.20 bits per heavy atom. The molecular formula is C14H15BrClIN2O. The Kier molecular flexibility index (Phi) is 5.50. The highest BCUT2D eigenvalue weighted by Gasteiger charge is 2.19. The van der Waals surface area contributed by atoms with E-state index < -0.39 is 6.10 Å². The molecule has 108 valence electrons. The van der Waals surface area contributed by atoms with E-state index in [4.69, 9.17) is 11.6 Å². The van der Waals surface area contributed by atoms with E-state index >= 15 is 0 Å². The first kappa shape index (κ1) is 16.3. The van der Waals surface area contributed by atoms with Gasteiger partial charge in [0.15, 0.2) is 0 Å². The Bertz CT molecular complexity index is 630. The van der Waals surface area contributed by atoms with Crippen LogP contribution in [0.25, 0.3) is 0 Å². The summed E-state index contributed by atoms with van der Waals surface area (Å²) in [5.74, 6) is 0. The summed E-state index contributed by atoms with van der Waals surface area (Å²) in [7, 11) is 1.86. The number of nitrogens with zero attached hydrogens (tertiary/aromatic N) is 2. The first-order chi connectivity index (χ1) is 9.43. The lowest BCUT2D eigenvalue weighted by atomic mass is 10.0. The maximum absolute atomic E-state index is 10.5. The fraction of sp³-hybridized carbons (Fsp3) is 0.357. The third-order valence-electron chi connectivity index (χ3n) is 3.21. The fourth-order valence-corrected chi connectivity index (χ4v) is 3.55. The Balaban J connectivity index is 2.30. The second-order valence-corrected chi connectivity index (χ2v) is 7.03. The number of rotatable bonds is 4. The molecule has 0 saturated carbocycles. The first-order valence-electron chi connectivity index (χ1n) is 6.27. The maximum atomic E-state index is 10.5. The van der Waals surface area contributed by atoms with Gasteiger partial charge in [-0.3, -0.25) is 4.68 Å². The Hall–Kier alpha value is -0.110. The molecular weight excluding hydrogens is 454 g/mol. The van der Waals surface area contributed by atoms with Crippen LogP contribution in [0.1, 0.15) is 30.0 Å². The van der Waals surface area contributed by atoms with Crippen LogP contribution in [0.15, 0.2) is 22.7 Å². The number of benzene rings is 1. The van der Waals surface area contributed by atoms with Crippen LogP contribution in [0.5, 0.6) is 0 Å². The zero-order valence-corrected chi connectivity index (χ0v) is 15.7. The summed E-state index contributed by atoms with van der Waals surface area (Å²) in [4.78, 5) is 0. The lowest BCUT2D eigenvalue weighted by Crippen LogP contribution is -2.08. The third-order valence-corrected chi connectivity index (χ3v) is 5.12. The number of halogens is 3. The summed E-state index contributed by atoms with van der Waals surface area (Å²) in [5.41, 5.74) is 2.64. The highest BCUT2D eigenvalue weighted by atomic mass is 127. The molecule has 1 aromatic heterocycles. The molecule has 1 atom stereocenters. The summed E-state index contributed by atoms with van der Waals surface area (Å²) in [6.45, 7) is 2.02. The molecule has 2 rings (SSSR count). The van der Waals surface area contributed by atoms with Crippen LogP contribution in [0.4, 0.5) is 0 Å². The molecule has 3 nitrogen and oxygen atoms in total. The summed E-state index contributed by atoms with van der Waals surface area (Å²) in [6, 6.07) is 5.88. The monoisotopic (exact) mass is 468 g/mol. The molecule has 0 aliphatic carbocycles. The lowest BCUT2D eigenvalue weighted by Gasteiger charge is -2.14. The highest BCUT2D eigenvalue weighted by molar-refractivity contribution is 14.1. The van der Waals surface area contributed by atoms with Crippen molar-refractivity contribution in [2.24, 2.45) is 7.05 Å². The Morgan fingerprint density at radius 1 is 1.50 bits per heavy atom. The van der Waals surface area contributed by atoms with Crippen LogP contribution < -0.4 is 0 Å². The Labute approximate surface area is 145 Å². The quantitative estimate of drug-likeness (QED) is 0.679. The fourth-order valence-electron chi connectivity index (χ4n) is 2.10. The van der Waals surface area contributed by atoms with Crippen molar-refractivity contribution in [3.05, 3.63) is 48.2 Å². The number of hydrogen-bond acceptors (Lipinski definition) is 2. The van der Waals surface area contributed by atoms with Crippen molar-refractivity contribution in [2.45, 2.75) is 25.9 Å². The molecule has 1 unspecified atom stereocenters. The summed E-state index contributed by atoms with van der Waals surface area (Å²) in [5, 5.41) is 15.5. The Morgan fingerprint density at radius 3 is 2.80 bits per heavy atom. The smallest absolute Gasteiger partial charge is 0.0856 e. The van der Waals surface area contributed by atoms with Gasteiger partial charge in [-0.2, -0.15) is 5.10 Å². The van der Waals surface area contributed by atoms with Crippen LogP contribution in [0.3, 0.4) is 0 Å². The molecule has 0 aliphatic heterocycles. The van der Waals surface area contributed by atoms with Crippen LogP contribution >= 0.6 is 50.1 Å². The maximum Gasteiger partial charge on any atom is 0.0856 e. The third kappa shape index (κ3) is 3.37. The molecule has 1 N–H and O–H groups in total. The van der Waals surface area contributed by atoms with E-state index in [1.165, 1.54) is 0 Å². The molecule has 0 saturated heterocycles. The summed E-state index contributed by atoms with van der Waals surface area (Å²) < 4.78 is 3.75. The van der Waals surface area contributed by atoms with E-state index in [1.54, 1.807) is 4.68 Å². The van der Waals surface area contributed by atoms with Crippen molar-refractivity contribution < 1.29 is 5.11 Å². The predicted molar refractivity (Wildman–Crippen MR) is 93.1 cm³/mol. The van der Waals surface area contributed by atoms with E-state index in [9.17, 15) is 5.11 Å². The van der Waals surface area contributed by atoms with Gasteiger partial charge in [-0.15, -0.1) is 0 Å². The second-order valence-electron chi connectivity index (χ2n) is 4.57. The normalized spacial score (nSPS) is 12.7. The molecule has 1 heterocycles. The van der Waals surface area contributed by atoms with Crippen molar-refractivity contribution in [1.82, 2.24) is 9.78 Å². The van der Waals surface area contributed by atoms with Gasteiger partial charge in [-0.25, -0.2) is 0 Å². The minimum Gasteiger partial charge on any atom is -0.388 e. The molecule has 6 heteroatoms. The van der Waals surface area contributed by atoms with E-state index in [0.29, 0.717) is 11.4 Å². The zero-order chi connectivity index (χ0) is 14.9. The number of aliphatic hydroxyl groups is 1. The molecule has 0 amide bonds. The van der Waals surface area contributed by atoms with Crippen molar-refractivity contribution in [3.8, 4) is 0 Å². The van der Waals surface area contributed by atoms with E-state index in [0.717, 1.165) is 31.4 Å². The standard InChI is InChI=1S/C14H15BrClIN2O/c1-3-11-14(16)12(19(2)18-11)7-13(20)9-6-8(15)4-5-10(9)17/h4-6,13,20H,3,7H2,1-2H3. The average Bonchev–Trinajstić information content (AvgIpc) is 2.68. The number of aryl methyl sites for hydroxylation is 2. The van der Waals surface area contributed by atoms with Gasteiger partial charge in [0.1, 0.15) is 0 Å². The lowest BCUT2D eigenvalue weighted by molar-refractivity contribution is 0.175. The summed E-state index contributed by atoms with van der Waals surface area (Å²) in [6.07, 6.45) is 0.642. The van der Waals surface area contributed by atoms with Gasteiger partial charge < -0.3 is 5.11 Å². The van der Waals surface area contributed by atoms with E-state index in [2.05, 4.69) is 43.6 Å². The summed E-state index contributed by atoms with van der Waals surface area (Å²) >= 11 is 12.0. The highest BCUT2D eigenvalue weighted by Crippen LogP contribution is 2.29. The molecule has 0 spiro atoms. The van der Waals surface area contributed by atoms with Crippen molar-refractivity contribution in [1.29, 1.82) is 0 Å². The van der Waals surface area contributed by atoms with Crippen LogP contribution in [-0.2, 0) is 19.9 Å². The van der Waals surface area contributed by atoms with Crippen molar-refractivity contribution >= 4 is 50.1 Å². The first-order valence-corrected chi connectivity index (χ1v) is 8.52. The number of aromatic nitrogens is 2. The van der Waals surface area contributed by atoms with E-state index in [1.807, 2.05) is 32.2 Å². The molecule has 0 fully saturated rings. The molecule has 1 aromatic carbocycles. The average molecular weight is 470 g/mol. The molecule has 0 radical (unpaired) electrons. The van der Waals surface area contributed by atoms with Gasteiger partial charge in [-0.05, 0) is 52.8 Å². The number of aliphatic hydroxyl groups excluding tert-OH is 1. The molecule has 20 heavy (non-hydrogen) atoms. The van der Waals surface area contributed by atoms with Crippen LogP contribution in [0, 0.1) is 3.57 Å². The topological polar surface area (TPSA) is 38.0 Å². The van der Waals surface area contributed by atoms with Crippen LogP contribution in [-0.4, -0.2) is 14.9 Å². The minimum absolute atomic E-state index is 0.453. The predicted octanol–water partition coefficient (Wildman–Crippen LogP) is 4.28. The second kappa shape index (κ2) is 6.77. The number of hydrogen-bond donors (Lipinski definition) is 1. The largest absolute Gasteiger partial charge is 0.388 e. The minimum atomic E-state index is -0.600. The molecule has 0 aliphatic rings. The van der Waals surface area contributed by atoms with Gasteiger partial charge in [0.25, 0.3) is 0 Å². The molecule has 0 bridgehead atoms. The van der Waals surface area contributed by atoms with Gasteiger partial charge in [0, 0.05) is 21.5 Å². The van der Waals surface area contributed by atoms with Gasteiger partial charge in [0.05, 0.1) is 22.5 Å². The van der Waals surface area contributed by atoms with Gasteiger partial charge >= 0.3 is 0 Å². The SMILES string of the molecule is CCc1nn(C)c(CC(O)c2cc(Br)ccc2I)c1Cl. The van der Waals surface area contributed by atoms with Crippen molar-refractivity contribution in [3.63, 3.8) is 0 Å². The van der Waals surface area contributed by atoms with Crippen molar-refractivity contribution in [2.75, 3.05) is 0 Å². The molecule has 2 aromatic rings.